The van der Waals surface area contributed by atoms with Gasteiger partial charge < -0.3 is 15.2 Å². The van der Waals surface area contributed by atoms with Crippen LogP contribution in [0.15, 0.2) is 18.2 Å². The van der Waals surface area contributed by atoms with Gasteiger partial charge >= 0.3 is 5.69 Å². The Morgan fingerprint density at radius 1 is 1.58 bits per heavy atom. The summed E-state index contributed by atoms with van der Waals surface area (Å²) in [6.07, 6.45) is 0.564. The summed E-state index contributed by atoms with van der Waals surface area (Å²) in [4.78, 5) is 9.71. The van der Waals surface area contributed by atoms with Crippen molar-refractivity contribution in [3.8, 4) is 0 Å². The van der Waals surface area contributed by atoms with E-state index in [0.717, 1.165) is 12.1 Å². The molecule has 0 saturated carbocycles. The second-order valence-corrected chi connectivity index (χ2v) is 4.67. The zero-order valence-electron chi connectivity index (χ0n) is 10.3. The summed E-state index contributed by atoms with van der Waals surface area (Å²) in [5.74, 6) is -0.854. The topological polar surface area (TPSA) is 84.6 Å². The molecule has 1 unspecified atom stereocenters. The number of nitro groups is 1. The molecule has 0 radical (unpaired) electrons. The molecule has 0 spiro atoms. The Morgan fingerprint density at radius 3 is 2.95 bits per heavy atom. The first kappa shape index (κ1) is 13.9. The first-order valence-electron chi connectivity index (χ1n) is 5.94. The predicted octanol–water partition coefficient (Wildman–Crippen LogP) is 0.975. The van der Waals surface area contributed by atoms with E-state index in [4.69, 9.17) is 4.74 Å². The quantitative estimate of drug-likeness (QED) is 0.615. The fraction of sp³-hybridized carbons (Fsp3) is 0.500. The lowest BCUT2D eigenvalue weighted by Gasteiger charge is -2.20. The van der Waals surface area contributed by atoms with Crippen LogP contribution in [-0.4, -0.2) is 35.4 Å². The van der Waals surface area contributed by atoms with Crippen molar-refractivity contribution in [1.29, 1.82) is 0 Å². The number of hydrogen-bond donors (Lipinski definition) is 2. The normalized spacial score (nSPS) is 22.6. The summed E-state index contributed by atoms with van der Waals surface area (Å²) in [6.45, 7) is 1.49. The summed E-state index contributed by atoms with van der Waals surface area (Å²) in [5.41, 5.74) is -0.823. The Labute approximate surface area is 109 Å². The molecule has 0 amide bonds. The number of hydrogen-bond acceptors (Lipinski definition) is 5. The van der Waals surface area contributed by atoms with Gasteiger partial charge in [0.1, 0.15) is 5.60 Å². The third-order valence-electron chi connectivity index (χ3n) is 3.07. The third-order valence-corrected chi connectivity index (χ3v) is 3.07. The fourth-order valence-electron chi connectivity index (χ4n) is 1.98. The maximum absolute atomic E-state index is 13.4. The van der Waals surface area contributed by atoms with Crippen LogP contribution in [-0.2, 0) is 11.3 Å². The van der Waals surface area contributed by atoms with Crippen LogP contribution in [0, 0.1) is 15.9 Å². The van der Waals surface area contributed by atoms with Gasteiger partial charge in [-0.25, -0.2) is 0 Å². The number of ether oxygens (including phenoxy) is 1. The maximum atomic E-state index is 13.4. The average Bonchev–Trinajstić information content (AvgIpc) is 2.76. The number of nitrogens with one attached hydrogen (secondary N) is 1. The van der Waals surface area contributed by atoms with E-state index in [9.17, 15) is 19.6 Å². The lowest BCUT2D eigenvalue weighted by atomic mass is 10.0. The zero-order valence-corrected chi connectivity index (χ0v) is 10.3. The van der Waals surface area contributed by atoms with Gasteiger partial charge in [-0.2, -0.15) is 4.39 Å². The Balaban J connectivity index is 1.89. The van der Waals surface area contributed by atoms with E-state index in [1.165, 1.54) is 6.07 Å². The number of halogens is 1. The monoisotopic (exact) mass is 270 g/mol. The molecule has 0 aliphatic carbocycles. The molecule has 7 heteroatoms. The van der Waals surface area contributed by atoms with Crippen LogP contribution in [0.1, 0.15) is 12.0 Å². The van der Waals surface area contributed by atoms with E-state index in [0.29, 0.717) is 31.7 Å². The van der Waals surface area contributed by atoms with Gasteiger partial charge in [0.15, 0.2) is 0 Å². The highest BCUT2D eigenvalue weighted by Gasteiger charge is 2.31. The Morgan fingerprint density at radius 2 is 2.37 bits per heavy atom. The molecule has 0 bridgehead atoms. The fourth-order valence-corrected chi connectivity index (χ4v) is 1.98. The van der Waals surface area contributed by atoms with E-state index in [1.807, 2.05) is 0 Å². The summed E-state index contributed by atoms with van der Waals surface area (Å²) in [5, 5.41) is 23.4. The molecule has 0 aromatic heterocycles. The van der Waals surface area contributed by atoms with Crippen LogP contribution in [0.4, 0.5) is 10.1 Å². The summed E-state index contributed by atoms with van der Waals surface area (Å²) in [7, 11) is 0. The lowest BCUT2D eigenvalue weighted by molar-refractivity contribution is -0.387. The van der Waals surface area contributed by atoms with Gasteiger partial charge in [-0.05, 0) is 11.6 Å². The average molecular weight is 270 g/mol. The molecule has 2 N–H and O–H groups in total. The SMILES string of the molecule is O=[N+]([O-])c1ccc(CNCC2(O)CCOC2)cc1F. The zero-order chi connectivity index (χ0) is 13.9. The summed E-state index contributed by atoms with van der Waals surface area (Å²) < 4.78 is 18.5. The lowest BCUT2D eigenvalue weighted by Crippen LogP contribution is -2.40. The molecule has 19 heavy (non-hydrogen) atoms. The smallest absolute Gasteiger partial charge is 0.304 e. The van der Waals surface area contributed by atoms with Crippen molar-refractivity contribution < 1.29 is 19.2 Å². The van der Waals surface area contributed by atoms with E-state index in [1.54, 1.807) is 0 Å². The van der Waals surface area contributed by atoms with Gasteiger partial charge in [-0.1, -0.05) is 6.07 Å². The maximum Gasteiger partial charge on any atom is 0.304 e. The minimum atomic E-state index is -0.876. The van der Waals surface area contributed by atoms with E-state index in [-0.39, 0.29) is 6.61 Å². The minimum absolute atomic E-state index is 0.286. The second-order valence-electron chi connectivity index (χ2n) is 4.67. The van der Waals surface area contributed by atoms with Crippen molar-refractivity contribution in [2.75, 3.05) is 19.8 Å². The molecule has 1 saturated heterocycles. The molecule has 1 fully saturated rings. The Kier molecular flexibility index (Phi) is 4.08. The molecule has 1 aromatic carbocycles. The number of nitrogens with zero attached hydrogens (tertiary/aromatic N) is 1. The number of aliphatic hydroxyl groups is 1. The largest absolute Gasteiger partial charge is 0.386 e. The molecule has 6 nitrogen and oxygen atoms in total. The molecule has 1 aliphatic heterocycles. The van der Waals surface area contributed by atoms with Crippen LogP contribution in [0.5, 0.6) is 0 Å². The first-order valence-corrected chi connectivity index (χ1v) is 5.94. The van der Waals surface area contributed by atoms with Gasteiger partial charge in [-0.15, -0.1) is 0 Å². The van der Waals surface area contributed by atoms with E-state index < -0.39 is 22.0 Å². The van der Waals surface area contributed by atoms with Crippen LogP contribution < -0.4 is 5.32 Å². The number of nitro benzene ring substituents is 1. The summed E-state index contributed by atoms with van der Waals surface area (Å²) >= 11 is 0. The minimum Gasteiger partial charge on any atom is -0.386 e. The number of benzene rings is 1. The van der Waals surface area contributed by atoms with Gasteiger partial charge in [0.05, 0.1) is 11.5 Å². The van der Waals surface area contributed by atoms with Crippen molar-refractivity contribution in [1.82, 2.24) is 5.32 Å². The van der Waals surface area contributed by atoms with Crippen molar-refractivity contribution in [2.24, 2.45) is 0 Å². The Hall–Kier alpha value is -1.57. The van der Waals surface area contributed by atoms with Crippen molar-refractivity contribution in [3.05, 3.63) is 39.7 Å². The van der Waals surface area contributed by atoms with E-state index >= 15 is 0 Å². The van der Waals surface area contributed by atoms with Crippen LogP contribution in [0.2, 0.25) is 0 Å². The van der Waals surface area contributed by atoms with Gasteiger partial charge in [0.25, 0.3) is 0 Å². The predicted molar refractivity (Wildman–Crippen MR) is 65.1 cm³/mol. The second kappa shape index (κ2) is 5.60. The van der Waals surface area contributed by atoms with Gasteiger partial charge in [0, 0.05) is 32.2 Å². The van der Waals surface area contributed by atoms with Crippen LogP contribution >= 0.6 is 0 Å². The molecule has 1 aromatic rings. The Bertz CT molecular complexity index is 475. The van der Waals surface area contributed by atoms with Crippen LogP contribution in [0.25, 0.3) is 0 Å². The van der Waals surface area contributed by atoms with Crippen molar-refractivity contribution in [3.63, 3.8) is 0 Å². The van der Waals surface area contributed by atoms with E-state index in [2.05, 4.69) is 5.32 Å². The molecule has 1 atom stereocenters. The molecule has 1 heterocycles. The summed E-state index contributed by atoms with van der Waals surface area (Å²) in [6, 6.07) is 3.75. The molecule has 104 valence electrons. The number of rotatable bonds is 5. The van der Waals surface area contributed by atoms with Gasteiger partial charge in [0.2, 0.25) is 5.82 Å². The first-order chi connectivity index (χ1) is 9.00. The van der Waals surface area contributed by atoms with Crippen molar-refractivity contribution in [2.45, 2.75) is 18.6 Å². The third kappa shape index (κ3) is 3.46. The highest BCUT2D eigenvalue weighted by atomic mass is 19.1. The molecular weight excluding hydrogens is 255 g/mol. The molecule has 2 rings (SSSR count). The highest BCUT2D eigenvalue weighted by molar-refractivity contribution is 5.34. The molecule has 1 aliphatic rings. The van der Waals surface area contributed by atoms with Gasteiger partial charge in [-0.3, -0.25) is 10.1 Å². The molecular formula is C12H15FN2O4. The highest BCUT2D eigenvalue weighted by Crippen LogP contribution is 2.19. The van der Waals surface area contributed by atoms with Crippen LogP contribution in [0.3, 0.4) is 0 Å². The van der Waals surface area contributed by atoms with Crippen molar-refractivity contribution >= 4 is 5.69 Å². The standard InChI is InChI=1S/C12H15FN2O4/c13-10-5-9(1-2-11(10)15(17)18)6-14-7-12(16)3-4-19-8-12/h1-2,5,14,16H,3-4,6-8H2.